The maximum atomic E-state index is 13.0. The van der Waals surface area contributed by atoms with Crippen LogP contribution >= 0.6 is 15.9 Å². The molecular weight excluding hydrogens is 423 g/mol. The molecule has 4 nitrogen and oxygen atoms in total. The molecule has 0 spiro atoms. The zero-order valence-electron chi connectivity index (χ0n) is 14.7. The number of benzene rings is 1. The van der Waals surface area contributed by atoms with Crippen molar-refractivity contribution in [2.24, 2.45) is 5.92 Å². The first-order valence-corrected chi connectivity index (χ1v) is 9.48. The molecule has 27 heavy (non-hydrogen) atoms. The molecule has 8 heteroatoms. The highest BCUT2D eigenvalue weighted by molar-refractivity contribution is 9.10. The van der Waals surface area contributed by atoms with E-state index >= 15 is 0 Å². The van der Waals surface area contributed by atoms with E-state index in [0.717, 1.165) is 0 Å². The number of aromatic nitrogens is 2. The van der Waals surface area contributed by atoms with Crippen molar-refractivity contribution in [3.05, 3.63) is 56.2 Å². The zero-order chi connectivity index (χ0) is 19.8. The van der Waals surface area contributed by atoms with Gasteiger partial charge >= 0.3 is 6.18 Å². The number of nitrogens with zero attached hydrogens (tertiary/aromatic N) is 2. The topological polar surface area (TPSA) is 58.7 Å². The van der Waals surface area contributed by atoms with Gasteiger partial charge in [-0.2, -0.15) is 13.2 Å². The van der Waals surface area contributed by atoms with Gasteiger partial charge in [0.25, 0.3) is 5.56 Å². The van der Waals surface area contributed by atoms with Gasteiger partial charge in [-0.3, -0.25) is 9.36 Å². The molecule has 0 saturated heterocycles. The number of hydrogen-bond acceptors (Lipinski definition) is 3. The van der Waals surface area contributed by atoms with Gasteiger partial charge in [0.15, 0.2) is 0 Å². The summed E-state index contributed by atoms with van der Waals surface area (Å²) in [4.78, 5) is 17.4. The minimum Gasteiger partial charge on any atom is -0.308 e. The maximum absolute atomic E-state index is 13.0. The van der Waals surface area contributed by atoms with Crippen LogP contribution in [-0.2, 0) is 0 Å². The Bertz CT molecular complexity index is 898. The van der Waals surface area contributed by atoms with E-state index in [9.17, 15) is 18.0 Å². The first-order chi connectivity index (χ1) is 12.7. The predicted octanol–water partition coefficient (Wildman–Crippen LogP) is 5.14. The van der Waals surface area contributed by atoms with Gasteiger partial charge in [-0.15, -0.1) is 0 Å². The Balaban J connectivity index is 2.02. The lowest BCUT2D eigenvalue weighted by atomic mass is 9.81. The molecule has 0 amide bonds. The number of nitrogens with one attached hydrogen (secondary N) is 1. The van der Waals surface area contributed by atoms with Crippen molar-refractivity contribution in [3.8, 4) is 5.69 Å². The molecular formula is C19H19BrF3N3O. The van der Waals surface area contributed by atoms with Crippen molar-refractivity contribution in [2.45, 2.75) is 44.7 Å². The van der Waals surface area contributed by atoms with Gasteiger partial charge in [0, 0.05) is 12.1 Å². The Kier molecular flexibility index (Phi) is 5.55. The fraction of sp³-hybridized carbons (Fsp3) is 0.421. The number of aryl methyl sites for hydroxylation is 1. The standard InChI is InChI=1S/C19H19BrF3N3O/c1-11-16(20)18(27)26(15-8-2-12(10-24)3-9-15)17(25-11)13-4-6-14(7-5-13)19(21,22)23/h2-3,8-10,13-14,24H,4-7H2,1H3. The number of halogens is 4. The van der Waals surface area contributed by atoms with E-state index in [1.165, 1.54) is 10.8 Å². The normalized spacial score (nSPS) is 20.5. The zero-order valence-corrected chi connectivity index (χ0v) is 16.3. The Morgan fingerprint density at radius 3 is 2.30 bits per heavy atom. The summed E-state index contributed by atoms with van der Waals surface area (Å²) in [6.07, 6.45) is -2.18. The van der Waals surface area contributed by atoms with Gasteiger partial charge in [0.1, 0.15) is 10.3 Å². The third kappa shape index (κ3) is 4.00. The van der Waals surface area contributed by atoms with Gasteiger partial charge in [0.05, 0.1) is 17.3 Å². The van der Waals surface area contributed by atoms with Crippen molar-refractivity contribution in [1.82, 2.24) is 9.55 Å². The SMILES string of the molecule is Cc1nc(C2CCC(C(F)(F)F)CC2)n(-c2ccc(C=N)cc2)c(=O)c1Br. The van der Waals surface area contributed by atoms with Gasteiger partial charge in [-0.25, -0.2) is 4.98 Å². The summed E-state index contributed by atoms with van der Waals surface area (Å²) in [7, 11) is 0. The second kappa shape index (κ2) is 7.58. The van der Waals surface area contributed by atoms with Crippen LogP contribution in [0.25, 0.3) is 5.69 Å². The summed E-state index contributed by atoms with van der Waals surface area (Å²) in [6, 6.07) is 6.87. The lowest BCUT2D eigenvalue weighted by Crippen LogP contribution is -2.31. The molecule has 0 radical (unpaired) electrons. The Hall–Kier alpha value is -1.96. The summed E-state index contributed by atoms with van der Waals surface area (Å²) in [5.74, 6) is -0.980. The fourth-order valence-corrected chi connectivity index (χ4v) is 3.82. The van der Waals surface area contributed by atoms with Crippen LogP contribution in [0.2, 0.25) is 0 Å². The van der Waals surface area contributed by atoms with E-state index in [-0.39, 0.29) is 24.3 Å². The monoisotopic (exact) mass is 441 g/mol. The van der Waals surface area contributed by atoms with Crippen molar-refractivity contribution >= 4 is 22.1 Å². The molecule has 144 valence electrons. The van der Waals surface area contributed by atoms with Crippen molar-refractivity contribution in [2.75, 3.05) is 0 Å². The van der Waals surface area contributed by atoms with Gasteiger partial charge < -0.3 is 5.41 Å². The largest absolute Gasteiger partial charge is 0.391 e. The molecule has 1 aromatic heterocycles. The van der Waals surface area contributed by atoms with Crippen molar-refractivity contribution in [1.29, 1.82) is 5.41 Å². The Labute approximate surface area is 163 Å². The minimum absolute atomic E-state index is 0.0475. The number of rotatable bonds is 3. The van der Waals surface area contributed by atoms with E-state index in [4.69, 9.17) is 5.41 Å². The van der Waals surface area contributed by atoms with E-state index in [0.29, 0.717) is 40.1 Å². The van der Waals surface area contributed by atoms with Crippen LogP contribution in [-0.4, -0.2) is 21.9 Å². The van der Waals surface area contributed by atoms with E-state index in [2.05, 4.69) is 20.9 Å². The molecule has 1 aromatic carbocycles. The molecule has 0 aliphatic heterocycles. The van der Waals surface area contributed by atoms with Crippen LogP contribution in [0.5, 0.6) is 0 Å². The van der Waals surface area contributed by atoms with E-state index in [1.54, 1.807) is 31.2 Å². The smallest absolute Gasteiger partial charge is 0.308 e. The molecule has 0 unspecified atom stereocenters. The van der Waals surface area contributed by atoms with Crippen molar-refractivity contribution < 1.29 is 13.2 Å². The van der Waals surface area contributed by atoms with Crippen LogP contribution < -0.4 is 5.56 Å². The summed E-state index contributed by atoms with van der Waals surface area (Å²) in [6.45, 7) is 1.71. The van der Waals surface area contributed by atoms with Gasteiger partial charge in [-0.05, 0) is 66.2 Å². The summed E-state index contributed by atoms with van der Waals surface area (Å²) in [5.41, 5.74) is 1.53. The fourth-order valence-electron chi connectivity index (χ4n) is 3.55. The molecule has 0 atom stereocenters. The maximum Gasteiger partial charge on any atom is 0.391 e. The molecule has 1 saturated carbocycles. The van der Waals surface area contributed by atoms with Crippen LogP contribution in [0.3, 0.4) is 0 Å². The summed E-state index contributed by atoms with van der Waals surface area (Å²) >= 11 is 3.27. The molecule has 1 heterocycles. The lowest BCUT2D eigenvalue weighted by Gasteiger charge is -2.30. The van der Waals surface area contributed by atoms with Crippen LogP contribution in [0.15, 0.2) is 33.5 Å². The highest BCUT2D eigenvalue weighted by Gasteiger charge is 2.42. The van der Waals surface area contributed by atoms with Crippen LogP contribution in [0.1, 0.15) is 48.7 Å². The molecule has 1 aliphatic rings. The molecule has 1 aliphatic carbocycles. The average molecular weight is 442 g/mol. The first-order valence-electron chi connectivity index (χ1n) is 8.69. The third-order valence-corrected chi connectivity index (χ3v) is 6.01. The van der Waals surface area contributed by atoms with Crippen LogP contribution in [0, 0.1) is 18.3 Å². The quantitative estimate of drug-likeness (QED) is 0.670. The summed E-state index contributed by atoms with van der Waals surface area (Å²) in [5, 5.41) is 7.29. The predicted molar refractivity (Wildman–Crippen MR) is 101 cm³/mol. The molecule has 0 bridgehead atoms. The van der Waals surface area contributed by atoms with Crippen LogP contribution in [0.4, 0.5) is 13.2 Å². The third-order valence-electron chi connectivity index (χ3n) is 5.09. The Morgan fingerprint density at radius 2 is 1.78 bits per heavy atom. The Morgan fingerprint density at radius 1 is 1.19 bits per heavy atom. The highest BCUT2D eigenvalue weighted by atomic mass is 79.9. The number of alkyl halides is 3. The second-order valence-electron chi connectivity index (χ2n) is 6.84. The lowest BCUT2D eigenvalue weighted by molar-refractivity contribution is -0.182. The molecule has 1 N–H and O–H groups in total. The molecule has 3 rings (SSSR count). The van der Waals surface area contributed by atoms with E-state index in [1.807, 2.05) is 0 Å². The number of hydrogen-bond donors (Lipinski definition) is 1. The van der Waals surface area contributed by atoms with Gasteiger partial charge in [-0.1, -0.05) is 12.1 Å². The first kappa shape index (κ1) is 19.8. The van der Waals surface area contributed by atoms with Crippen molar-refractivity contribution in [3.63, 3.8) is 0 Å². The van der Waals surface area contributed by atoms with Gasteiger partial charge in [0.2, 0.25) is 0 Å². The average Bonchev–Trinajstić information content (AvgIpc) is 2.65. The van der Waals surface area contributed by atoms with E-state index < -0.39 is 12.1 Å². The summed E-state index contributed by atoms with van der Waals surface area (Å²) < 4.78 is 40.7. The minimum atomic E-state index is -4.17. The molecule has 2 aromatic rings. The second-order valence-corrected chi connectivity index (χ2v) is 7.63. The molecule has 1 fully saturated rings. The highest BCUT2D eigenvalue weighted by Crippen LogP contribution is 2.42.